The highest BCUT2D eigenvalue weighted by Crippen LogP contribution is 2.32. The van der Waals surface area contributed by atoms with Crippen molar-refractivity contribution >= 4 is 15.9 Å². The average Bonchev–Trinajstić information content (AvgIpc) is 2.28. The molecule has 1 atom stereocenters. The lowest BCUT2D eigenvalue weighted by atomic mass is 9.95. The van der Waals surface area contributed by atoms with Crippen LogP contribution < -0.4 is 5.32 Å². The largest absolute Gasteiger partial charge is 0.310 e. The van der Waals surface area contributed by atoms with E-state index in [4.69, 9.17) is 0 Å². The van der Waals surface area contributed by atoms with Crippen molar-refractivity contribution in [3.8, 4) is 0 Å². The van der Waals surface area contributed by atoms with Crippen LogP contribution in [0.3, 0.4) is 0 Å². The zero-order valence-corrected chi connectivity index (χ0v) is 10.7. The van der Waals surface area contributed by atoms with Crippen molar-refractivity contribution in [2.75, 3.05) is 6.54 Å². The third kappa shape index (κ3) is 2.13. The zero-order chi connectivity index (χ0) is 11.7. The Hall–Kier alpha value is -0.480. The molecule has 0 saturated carbocycles. The SMILES string of the molecule is Cc1cc(Br)c(F)c(C2CCCCN2)c1F. The molecule has 1 unspecified atom stereocenters. The summed E-state index contributed by atoms with van der Waals surface area (Å²) in [7, 11) is 0. The van der Waals surface area contributed by atoms with Crippen molar-refractivity contribution in [2.24, 2.45) is 0 Å². The maximum atomic E-state index is 13.9. The summed E-state index contributed by atoms with van der Waals surface area (Å²) in [5, 5.41) is 3.17. The predicted octanol–water partition coefficient (Wildman–Crippen LogP) is 3.85. The molecule has 0 aromatic heterocycles. The van der Waals surface area contributed by atoms with E-state index in [-0.39, 0.29) is 11.6 Å². The molecule has 1 aliphatic heterocycles. The highest BCUT2D eigenvalue weighted by molar-refractivity contribution is 9.10. The van der Waals surface area contributed by atoms with E-state index in [2.05, 4.69) is 21.2 Å². The fraction of sp³-hybridized carbons (Fsp3) is 0.500. The van der Waals surface area contributed by atoms with E-state index < -0.39 is 11.6 Å². The molecule has 0 bridgehead atoms. The molecule has 0 aliphatic carbocycles. The summed E-state index contributed by atoms with van der Waals surface area (Å²) < 4.78 is 28.2. The van der Waals surface area contributed by atoms with Gasteiger partial charge < -0.3 is 5.32 Å². The van der Waals surface area contributed by atoms with Crippen LogP contribution in [0.2, 0.25) is 0 Å². The molecule has 1 nitrogen and oxygen atoms in total. The Labute approximate surface area is 102 Å². The first-order valence-corrected chi connectivity index (χ1v) is 6.28. The fourth-order valence-electron chi connectivity index (χ4n) is 2.16. The molecular formula is C12H14BrF2N. The second-order valence-electron chi connectivity index (χ2n) is 4.22. The number of hydrogen-bond donors (Lipinski definition) is 1. The number of rotatable bonds is 1. The van der Waals surface area contributed by atoms with Gasteiger partial charge in [-0.25, -0.2) is 8.78 Å². The van der Waals surface area contributed by atoms with Gasteiger partial charge in [0.05, 0.1) is 4.47 Å². The minimum atomic E-state index is -0.470. The van der Waals surface area contributed by atoms with Gasteiger partial charge in [-0.05, 0) is 53.9 Å². The average molecular weight is 290 g/mol. The summed E-state index contributed by atoms with van der Waals surface area (Å²) in [6, 6.07) is 1.29. The number of hydrogen-bond acceptors (Lipinski definition) is 1. The van der Waals surface area contributed by atoms with Gasteiger partial charge in [0.25, 0.3) is 0 Å². The number of nitrogens with one attached hydrogen (secondary N) is 1. The summed E-state index contributed by atoms with van der Waals surface area (Å²) in [6.07, 6.45) is 2.89. The first kappa shape index (κ1) is 12.0. The van der Waals surface area contributed by atoms with Gasteiger partial charge in [-0.1, -0.05) is 6.42 Å². The van der Waals surface area contributed by atoms with Gasteiger partial charge in [0, 0.05) is 11.6 Å². The number of benzene rings is 1. The number of aryl methyl sites for hydroxylation is 1. The second kappa shape index (κ2) is 4.80. The van der Waals surface area contributed by atoms with Crippen molar-refractivity contribution in [1.82, 2.24) is 5.32 Å². The monoisotopic (exact) mass is 289 g/mol. The van der Waals surface area contributed by atoms with Crippen LogP contribution in [0.25, 0.3) is 0 Å². The lowest BCUT2D eigenvalue weighted by Crippen LogP contribution is -2.28. The van der Waals surface area contributed by atoms with Crippen LogP contribution in [-0.2, 0) is 0 Å². The van der Waals surface area contributed by atoms with Crippen LogP contribution in [0, 0.1) is 18.6 Å². The van der Waals surface area contributed by atoms with E-state index in [1.807, 2.05) is 0 Å². The summed E-state index contributed by atoms with van der Waals surface area (Å²) in [4.78, 5) is 0. The minimum absolute atomic E-state index is 0.187. The smallest absolute Gasteiger partial charge is 0.145 e. The Morgan fingerprint density at radius 3 is 2.69 bits per heavy atom. The molecule has 0 amide bonds. The van der Waals surface area contributed by atoms with Gasteiger partial charge in [0.1, 0.15) is 11.6 Å². The van der Waals surface area contributed by atoms with Crippen molar-refractivity contribution in [3.05, 3.63) is 33.3 Å². The van der Waals surface area contributed by atoms with Crippen LogP contribution in [0.15, 0.2) is 10.5 Å². The van der Waals surface area contributed by atoms with Crippen LogP contribution in [0.1, 0.15) is 36.4 Å². The molecular weight excluding hydrogens is 276 g/mol. The van der Waals surface area contributed by atoms with Crippen LogP contribution in [-0.4, -0.2) is 6.54 Å². The highest BCUT2D eigenvalue weighted by Gasteiger charge is 2.24. The van der Waals surface area contributed by atoms with Gasteiger partial charge >= 0.3 is 0 Å². The summed E-state index contributed by atoms with van der Waals surface area (Å²) in [5.74, 6) is -0.886. The fourth-order valence-corrected chi connectivity index (χ4v) is 2.72. The molecule has 1 N–H and O–H groups in total. The van der Waals surface area contributed by atoms with Gasteiger partial charge in [-0.3, -0.25) is 0 Å². The van der Waals surface area contributed by atoms with E-state index in [0.717, 1.165) is 25.8 Å². The quantitative estimate of drug-likeness (QED) is 0.775. The third-order valence-electron chi connectivity index (χ3n) is 3.03. The molecule has 0 radical (unpaired) electrons. The zero-order valence-electron chi connectivity index (χ0n) is 9.12. The first-order chi connectivity index (χ1) is 7.61. The summed E-state index contributed by atoms with van der Waals surface area (Å²) in [5.41, 5.74) is 0.669. The summed E-state index contributed by atoms with van der Waals surface area (Å²) in [6.45, 7) is 2.49. The Balaban J connectivity index is 2.45. The topological polar surface area (TPSA) is 12.0 Å². The van der Waals surface area contributed by atoms with Crippen LogP contribution in [0.5, 0.6) is 0 Å². The van der Waals surface area contributed by atoms with E-state index in [0.29, 0.717) is 10.0 Å². The van der Waals surface area contributed by atoms with E-state index in [9.17, 15) is 8.78 Å². The molecule has 1 aliphatic rings. The normalized spacial score (nSPS) is 21.1. The third-order valence-corrected chi connectivity index (χ3v) is 3.61. The molecule has 4 heteroatoms. The lowest BCUT2D eigenvalue weighted by molar-refractivity contribution is 0.383. The van der Waals surface area contributed by atoms with Crippen LogP contribution >= 0.6 is 15.9 Å². The molecule has 1 aromatic rings. The van der Waals surface area contributed by atoms with Gasteiger partial charge in [0.15, 0.2) is 0 Å². The Morgan fingerprint density at radius 1 is 1.31 bits per heavy atom. The van der Waals surface area contributed by atoms with Crippen molar-refractivity contribution in [2.45, 2.75) is 32.2 Å². The van der Waals surface area contributed by atoms with Gasteiger partial charge in [-0.15, -0.1) is 0 Å². The van der Waals surface area contributed by atoms with E-state index >= 15 is 0 Å². The molecule has 1 fully saturated rings. The molecule has 88 valence electrons. The van der Waals surface area contributed by atoms with Gasteiger partial charge in [-0.2, -0.15) is 0 Å². The maximum Gasteiger partial charge on any atom is 0.145 e. The molecule has 0 spiro atoms. The highest BCUT2D eigenvalue weighted by atomic mass is 79.9. The molecule has 1 heterocycles. The van der Waals surface area contributed by atoms with E-state index in [1.54, 1.807) is 6.92 Å². The van der Waals surface area contributed by atoms with Crippen molar-refractivity contribution in [1.29, 1.82) is 0 Å². The molecule has 16 heavy (non-hydrogen) atoms. The molecule has 1 aromatic carbocycles. The second-order valence-corrected chi connectivity index (χ2v) is 5.07. The first-order valence-electron chi connectivity index (χ1n) is 5.48. The Bertz CT molecular complexity index is 374. The Morgan fingerprint density at radius 2 is 2.06 bits per heavy atom. The Kier molecular flexibility index (Phi) is 3.60. The van der Waals surface area contributed by atoms with Crippen LogP contribution in [0.4, 0.5) is 8.78 Å². The molecule has 1 saturated heterocycles. The summed E-state index contributed by atoms with van der Waals surface area (Å²) >= 11 is 3.13. The molecule has 2 rings (SSSR count). The van der Waals surface area contributed by atoms with Crippen molar-refractivity contribution < 1.29 is 8.78 Å². The van der Waals surface area contributed by atoms with Crippen molar-refractivity contribution in [3.63, 3.8) is 0 Å². The lowest BCUT2D eigenvalue weighted by Gasteiger charge is -2.25. The number of halogens is 3. The minimum Gasteiger partial charge on any atom is -0.310 e. The maximum absolute atomic E-state index is 13.9. The predicted molar refractivity (Wildman–Crippen MR) is 63.4 cm³/mol. The standard InChI is InChI=1S/C12H14BrF2N/c1-7-6-8(13)12(15)10(11(7)14)9-4-2-3-5-16-9/h6,9,16H,2-5H2,1H3. The van der Waals surface area contributed by atoms with E-state index in [1.165, 1.54) is 6.07 Å². The van der Waals surface area contributed by atoms with Gasteiger partial charge in [0.2, 0.25) is 0 Å². The number of piperidine rings is 1.